The van der Waals surface area contributed by atoms with Gasteiger partial charge in [-0.05, 0) is 18.8 Å². The number of H-pyrrole nitrogens is 1. The molecule has 1 aromatic heterocycles. The summed E-state index contributed by atoms with van der Waals surface area (Å²) in [7, 11) is 0. The van der Waals surface area contributed by atoms with E-state index >= 15 is 0 Å². The Labute approximate surface area is 95.6 Å². The summed E-state index contributed by atoms with van der Waals surface area (Å²) in [6.07, 6.45) is 4.70. The Morgan fingerprint density at radius 2 is 2.06 bits per heavy atom. The van der Waals surface area contributed by atoms with Gasteiger partial charge in [0.05, 0.1) is 11.9 Å². The second-order valence-electron chi connectivity index (χ2n) is 4.90. The molecule has 1 aromatic rings. The molecule has 1 saturated carbocycles. The molecule has 0 amide bonds. The number of hydrogen-bond donors (Lipinski definition) is 2. The maximum Gasteiger partial charge on any atom is 0.142 e. The summed E-state index contributed by atoms with van der Waals surface area (Å²) in [4.78, 5) is 4.90. The standard InChI is InChI=1S/C11H19N5/c12-11-10(7-13-14-11)16-5-3-15(4-6-16)8-9-1-2-9/h7,9H,1-6,8H2,(H3,12,13,14). The highest BCUT2D eigenvalue weighted by Crippen LogP contribution is 2.30. The molecule has 2 aliphatic rings. The third kappa shape index (κ3) is 2.00. The predicted octanol–water partition coefficient (Wildman–Crippen LogP) is 0.524. The quantitative estimate of drug-likeness (QED) is 0.781. The lowest BCUT2D eigenvalue weighted by atomic mass is 10.2. The molecular formula is C11H19N5. The van der Waals surface area contributed by atoms with Gasteiger partial charge in [0.15, 0.2) is 0 Å². The first-order valence-electron chi connectivity index (χ1n) is 6.09. The molecule has 3 N–H and O–H groups in total. The van der Waals surface area contributed by atoms with Gasteiger partial charge in [0, 0.05) is 32.7 Å². The number of nitrogens with one attached hydrogen (secondary N) is 1. The second kappa shape index (κ2) is 3.97. The molecule has 16 heavy (non-hydrogen) atoms. The molecule has 5 heteroatoms. The third-order valence-electron chi connectivity index (χ3n) is 3.57. The van der Waals surface area contributed by atoms with Gasteiger partial charge >= 0.3 is 0 Å². The fourth-order valence-corrected chi connectivity index (χ4v) is 2.38. The zero-order valence-corrected chi connectivity index (χ0v) is 9.52. The van der Waals surface area contributed by atoms with E-state index in [9.17, 15) is 0 Å². The lowest BCUT2D eigenvalue weighted by Crippen LogP contribution is -2.47. The van der Waals surface area contributed by atoms with Crippen LogP contribution in [-0.2, 0) is 0 Å². The van der Waals surface area contributed by atoms with Gasteiger partial charge in [-0.25, -0.2) is 0 Å². The summed E-state index contributed by atoms with van der Waals surface area (Å²) in [5.74, 6) is 1.68. The second-order valence-corrected chi connectivity index (χ2v) is 4.90. The Balaban J connectivity index is 1.55. The minimum absolute atomic E-state index is 0.690. The van der Waals surface area contributed by atoms with Crippen molar-refractivity contribution in [3.05, 3.63) is 6.20 Å². The van der Waals surface area contributed by atoms with E-state index in [1.54, 1.807) is 0 Å². The zero-order chi connectivity index (χ0) is 11.0. The molecule has 0 bridgehead atoms. The van der Waals surface area contributed by atoms with Crippen LogP contribution in [0.3, 0.4) is 0 Å². The van der Waals surface area contributed by atoms with Crippen LogP contribution in [0.2, 0.25) is 0 Å². The van der Waals surface area contributed by atoms with Crippen molar-refractivity contribution in [3.63, 3.8) is 0 Å². The minimum atomic E-state index is 0.690. The number of nitrogen functional groups attached to an aromatic ring is 1. The first-order chi connectivity index (χ1) is 7.83. The Morgan fingerprint density at radius 1 is 1.31 bits per heavy atom. The molecule has 0 unspecified atom stereocenters. The van der Waals surface area contributed by atoms with Crippen LogP contribution in [0.1, 0.15) is 12.8 Å². The van der Waals surface area contributed by atoms with E-state index in [2.05, 4.69) is 20.0 Å². The van der Waals surface area contributed by atoms with Gasteiger partial charge in [0.1, 0.15) is 5.82 Å². The van der Waals surface area contributed by atoms with E-state index in [1.165, 1.54) is 19.4 Å². The number of rotatable bonds is 3. The molecule has 88 valence electrons. The van der Waals surface area contributed by atoms with Gasteiger partial charge in [-0.2, -0.15) is 5.10 Å². The Kier molecular flexibility index (Phi) is 2.47. The van der Waals surface area contributed by atoms with E-state index < -0.39 is 0 Å². The van der Waals surface area contributed by atoms with Crippen LogP contribution >= 0.6 is 0 Å². The molecular weight excluding hydrogens is 202 g/mol. The van der Waals surface area contributed by atoms with Crippen LogP contribution in [0.15, 0.2) is 6.20 Å². The van der Waals surface area contributed by atoms with Gasteiger partial charge < -0.3 is 10.6 Å². The smallest absolute Gasteiger partial charge is 0.142 e. The van der Waals surface area contributed by atoms with Crippen molar-refractivity contribution in [1.29, 1.82) is 0 Å². The van der Waals surface area contributed by atoms with E-state index in [1.807, 2.05) is 6.20 Å². The normalized spacial score (nSPS) is 22.6. The molecule has 0 spiro atoms. The summed E-state index contributed by atoms with van der Waals surface area (Å²) in [5, 5.41) is 6.76. The van der Waals surface area contributed by atoms with Crippen molar-refractivity contribution in [2.75, 3.05) is 43.4 Å². The van der Waals surface area contributed by atoms with Crippen LogP contribution in [-0.4, -0.2) is 47.8 Å². The fraction of sp³-hybridized carbons (Fsp3) is 0.727. The summed E-state index contributed by atoms with van der Waals surface area (Å²) in [6.45, 7) is 5.74. The van der Waals surface area contributed by atoms with Gasteiger partial charge in [-0.3, -0.25) is 10.00 Å². The van der Waals surface area contributed by atoms with Crippen molar-refractivity contribution >= 4 is 11.5 Å². The maximum absolute atomic E-state index is 5.82. The van der Waals surface area contributed by atoms with Crippen LogP contribution in [0.4, 0.5) is 11.5 Å². The molecule has 0 aromatic carbocycles. The van der Waals surface area contributed by atoms with Gasteiger partial charge in [-0.1, -0.05) is 0 Å². The number of hydrogen-bond acceptors (Lipinski definition) is 4. The highest BCUT2D eigenvalue weighted by atomic mass is 15.3. The first kappa shape index (κ1) is 9.96. The molecule has 2 fully saturated rings. The van der Waals surface area contributed by atoms with Crippen molar-refractivity contribution < 1.29 is 0 Å². The van der Waals surface area contributed by atoms with Crippen LogP contribution in [0.25, 0.3) is 0 Å². The molecule has 3 rings (SSSR count). The summed E-state index contributed by atoms with van der Waals surface area (Å²) >= 11 is 0. The van der Waals surface area contributed by atoms with E-state index in [0.717, 1.165) is 37.8 Å². The van der Waals surface area contributed by atoms with Gasteiger partial charge in [-0.15, -0.1) is 0 Å². The van der Waals surface area contributed by atoms with Gasteiger partial charge in [0.2, 0.25) is 0 Å². The van der Waals surface area contributed by atoms with Crippen molar-refractivity contribution in [1.82, 2.24) is 15.1 Å². The molecule has 0 radical (unpaired) electrons. The molecule has 2 heterocycles. The maximum atomic E-state index is 5.82. The molecule has 1 saturated heterocycles. The van der Waals surface area contributed by atoms with Crippen LogP contribution < -0.4 is 10.6 Å². The van der Waals surface area contributed by atoms with Gasteiger partial charge in [0.25, 0.3) is 0 Å². The van der Waals surface area contributed by atoms with E-state index in [0.29, 0.717) is 5.82 Å². The molecule has 0 atom stereocenters. The topological polar surface area (TPSA) is 61.2 Å². The number of nitrogens with zero attached hydrogens (tertiary/aromatic N) is 3. The summed E-state index contributed by atoms with van der Waals surface area (Å²) in [6, 6.07) is 0. The highest BCUT2D eigenvalue weighted by Gasteiger charge is 2.26. The predicted molar refractivity (Wildman–Crippen MR) is 64.4 cm³/mol. The number of nitrogens with two attached hydrogens (primary N) is 1. The van der Waals surface area contributed by atoms with Crippen molar-refractivity contribution in [2.45, 2.75) is 12.8 Å². The fourth-order valence-electron chi connectivity index (χ4n) is 2.38. The monoisotopic (exact) mass is 221 g/mol. The number of piperazine rings is 1. The summed E-state index contributed by atoms with van der Waals surface area (Å²) in [5.41, 5.74) is 6.88. The first-order valence-corrected chi connectivity index (χ1v) is 6.09. The molecule has 5 nitrogen and oxygen atoms in total. The lowest BCUT2D eigenvalue weighted by molar-refractivity contribution is 0.248. The van der Waals surface area contributed by atoms with E-state index in [-0.39, 0.29) is 0 Å². The van der Waals surface area contributed by atoms with Crippen LogP contribution in [0.5, 0.6) is 0 Å². The molecule has 1 aliphatic carbocycles. The number of aromatic amines is 1. The Hall–Kier alpha value is -1.23. The SMILES string of the molecule is Nc1[nH]ncc1N1CCN(CC2CC2)CC1. The highest BCUT2D eigenvalue weighted by molar-refractivity contribution is 5.62. The molecule has 1 aliphatic heterocycles. The lowest BCUT2D eigenvalue weighted by Gasteiger charge is -2.35. The van der Waals surface area contributed by atoms with Crippen molar-refractivity contribution in [2.24, 2.45) is 5.92 Å². The van der Waals surface area contributed by atoms with Crippen LogP contribution in [0, 0.1) is 5.92 Å². The summed E-state index contributed by atoms with van der Waals surface area (Å²) < 4.78 is 0. The third-order valence-corrected chi connectivity index (χ3v) is 3.57. The number of anilines is 2. The van der Waals surface area contributed by atoms with Crippen molar-refractivity contribution in [3.8, 4) is 0 Å². The minimum Gasteiger partial charge on any atom is -0.382 e. The average molecular weight is 221 g/mol. The Bertz CT molecular complexity index is 349. The zero-order valence-electron chi connectivity index (χ0n) is 9.52. The Morgan fingerprint density at radius 3 is 2.62 bits per heavy atom. The number of aromatic nitrogens is 2. The largest absolute Gasteiger partial charge is 0.382 e. The van der Waals surface area contributed by atoms with E-state index in [4.69, 9.17) is 5.73 Å². The average Bonchev–Trinajstić information content (AvgIpc) is 3.00.